The molecule has 0 aliphatic rings. The smallest absolute Gasteiger partial charge is 0.323 e. The highest BCUT2D eigenvalue weighted by molar-refractivity contribution is 6.30. The van der Waals surface area contributed by atoms with Crippen molar-refractivity contribution < 1.29 is 23.9 Å². The highest BCUT2D eigenvalue weighted by atomic mass is 35.5. The molecule has 0 spiro atoms. The van der Waals surface area contributed by atoms with Crippen LogP contribution in [0, 0.1) is 5.82 Å². The number of halogens is 2. The first kappa shape index (κ1) is 14.9. The molecule has 3 N–H and O–H groups in total. The van der Waals surface area contributed by atoms with Crippen LogP contribution in [0.15, 0.2) is 18.2 Å². The molecule has 1 aromatic rings. The molecule has 0 saturated carbocycles. The second kappa shape index (κ2) is 6.14. The Morgan fingerprint density at radius 1 is 1.32 bits per heavy atom. The first-order valence-corrected chi connectivity index (χ1v) is 5.43. The van der Waals surface area contributed by atoms with E-state index in [0.29, 0.717) is 4.90 Å². The Hall–Kier alpha value is -2.15. The Morgan fingerprint density at radius 2 is 1.95 bits per heavy atom. The van der Waals surface area contributed by atoms with Crippen molar-refractivity contribution in [3.05, 3.63) is 34.6 Å². The quantitative estimate of drug-likeness (QED) is 0.823. The maximum absolute atomic E-state index is 13.5. The van der Waals surface area contributed by atoms with E-state index in [0.717, 1.165) is 12.1 Å². The average molecular weight is 289 g/mol. The number of carbonyl (C=O) groups is 3. The number of hydrogen-bond donors (Lipinski definition) is 2. The van der Waals surface area contributed by atoms with Crippen molar-refractivity contribution in [2.45, 2.75) is 0 Å². The molecule has 0 unspecified atom stereocenters. The molecule has 0 atom stereocenters. The molecule has 0 radical (unpaired) electrons. The molecule has 0 heterocycles. The molecular formula is C11H10ClFN2O4. The summed E-state index contributed by atoms with van der Waals surface area (Å²) in [6, 6.07) is 3.30. The van der Waals surface area contributed by atoms with Gasteiger partial charge in [-0.2, -0.15) is 0 Å². The summed E-state index contributed by atoms with van der Waals surface area (Å²) in [5, 5.41) is 8.74. The molecule has 2 amide bonds. The van der Waals surface area contributed by atoms with Crippen LogP contribution in [0.5, 0.6) is 0 Å². The summed E-state index contributed by atoms with van der Waals surface area (Å²) in [6.07, 6.45) is 0. The minimum absolute atomic E-state index is 0.0914. The zero-order valence-corrected chi connectivity index (χ0v) is 10.4. The van der Waals surface area contributed by atoms with Gasteiger partial charge in [0.15, 0.2) is 0 Å². The van der Waals surface area contributed by atoms with E-state index in [2.05, 4.69) is 0 Å². The second-order valence-electron chi connectivity index (χ2n) is 3.65. The summed E-state index contributed by atoms with van der Waals surface area (Å²) < 4.78 is 13.5. The van der Waals surface area contributed by atoms with Gasteiger partial charge in [0.2, 0.25) is 5.91 Å². The molecule has 1 aromatic carbocycles. The van der Waals surface area contributed by atoms with E-state index in [-0.39, 0.29) is 10.6 Å². The lowest BCUT2D eigenvalue weighted by Gasteiger charge is -2.19. The Kier molecular flexibility index (Phi) is 4.82. The molecule has 0 aromatic heterocycles. The van der Waals surface area contributed by atoms with Gasteiger partial charge in [0, 0.05) is 5.02 Å². The molecule has 0 aliphatic heterocycles. The number of carboxylic acids is 1. The van der Waals surface area contributed by atoms with Gasteiger partial charge < -0.3 is 15.7 Å². The topological polar surface area (TPSA) is 101 Å². The predicted octanol–water partition coefficient (Wildman–Crippen LogP) is 0.491. The van der Waals surface area contributed by atoms with Gasteiger partial charge in [0.1, 0.15) is 18.9 Å². The van der Waals surface area contributed by atoms with E-state index in [1.54, 1.807) is 0 Å². The predicted molar refractivity (Wildman–Crippen MR) is 64.1 cm³/mol. The molecule has 19 heavy (non-hydrogen) atoms. The minimum Gasteiger partial charge on any atom is -0.480 e. The molecule has 0 fully saturated rings. The Bertz CT molecular complexity index is 519. The molecular weight excluding hydrogens is 279 g/mol. The summed E-state index contributed by atoms with van der Waals surface area (Å²) in [6.45, 7) is -1.38. The average Bonchev–Trinajstić information content (AvgIpc) is 2.26. The lowest BCUT2D eigenvalue weighted by atomic mass is 10.2. The fourth-order valence-corrected chi connectivity index (χ4v) is 1.54. The summed E-state index contributed by atoms with van der Waals surface area (Å²) in [7, 11) is 0. The van der Waals surface area contributed by atoms with Crippen molar-refractivity contribution in [2.75, 3.05) is 13.1 Å². The van der Waals surface area contributed by atoms with Gasteiger partial charge in [-0.25, -0.2) is 4.39 Å². The number of hydrogen-bond acceptors (Lipinski definition) is 3. The monoisotopic (exact) mass is 288 g/mol. The van der Waals surface area contributed by atoms with Crippen LogP contribution in [0.1, 0.15) is 10.4 Å². The van der Waals surface area contributed by atoms with Crippen molar-refractivity contribution in [2.24, 2.45) is 5.73 Å². The minimum atomic E-state index is -1.34. The Morgan fingerprint density at radius 3 is 2.42 bits per heavy atom. The first-order chi connectivity index (χ1) is 8.81. The van der Waals surface area contributed by atoms with E-state index in [1.165, 1.54) is 6.07 Å². The molecule has 8 heteroatoms. The summed E-state index contributed by atoms with van der Waals surface area (Å²) in [5.74, 6) is -4.10. The van der Waals surface area contributed by atoms with Crippen molar-refractivity contribution in [3.63, 3.8) is 0 Å². The SMILES string of the molecule is NC(=O)CN(CC(=O)O)C(=O)c1ccc(Cl)cc1F. The van der Waals surface area contributed by atoms with E-state index in [9.17, 15) is 18.8 Å². The third-order valence-corrected chi connectivity index (χ3v) is 2.36. The number of nitrogens with two attached hydrogens (primary N) is 1. The van der Waals surface area contributed by atoms with Crippen LogP contribution in [-0.4, -0.2) is 40.9 Å². The highest BCUT2D eigenvalue weighted by Gasteiger charge is 2.22. The first-order valence-electron chi connectivity index (χ1n) is 5.05. The highest BCUT2D eigenvalue weighted by Crippen LogP contribution is 2.16. The van der Waals surface area contributed by atoms with Gasteiger partial charge in [-0.15, -0.1) is 0 Å². The van der Waals surface area contributed by atoms with Crippen LogP contribution in [0.4, 0.5) is 4.39 Å². The summed E-state index contributed by atoms with van der Waals surface area (Å²) >= 11 is 5.54. The van der Waals surface area contributed by atoms with Crippen LogP contribution in [-0.2, 0) is 9.59 Å². The number of rotatable bonds is 5. The zero-order valence-electron chi connectivity index (χ0n) is 9.60. The number of amides is 2. The molecule has 0 saturated heterocycles. The second-order valence-corrected chi connectivity index (χ2v) is 4.08. The molecule has 6 nitrogen and oxygen atoms in total. The van der Waals surface area contributed by atoms with Crippen molar-refractivity contribution >= 4 is 29.4 Å². The Balaban J connectivity index is 3.04. The lowest BCUT2D eigenvalue weighted by molar-refractivity contribution is -0.138. The van der Waals surface area contributed by atoms with Gasteiger partial charge in [0.25, 0.3) is 5.91 Å². The third kappa shape index (κ3) is 4.22. The van der Waals surface area contributed by atoms with Crippen LogP contribution >= 0.6 is 11.6 Å². The van der Waals surface area contributed by atoms with Crippen LogP contribution in [0.3, 0.4) is 0 Å². The zero-order chi connectivity index (χ0) is 14.6. The van der Waals surface area contributed by atoms with Crippen molar-refractivity contribution in [3.8, 4) is 0 Å². The number of primary amides is 1. The van der Waals surface area contributed by atoms with E-state index in [4.69, 9.17) is 22.4 Å². The van der Waals surface area contributed by atoms with Gasteiger partial charge in [-0.3, -0.25) is 14.4 Å². The van der Waals surface area contributed by atoms with E-state index >= 15 is 0 Å². The number of nitrogens with zero attached hydrogens (tertiary/aromatic N) is 1. The molecule has 0 bridgehead atoms. The normalized spacial score (nSPS) is 10.0. The fourth-order valence-electron chi connectivity index (χ4n) is 1.38. The number of benzene rings is 1. The standard InChI is InChI=1S/C11H10ClFN2O4/c12-6-1-2-7(8(13)3-6)11(19)15(4-9(14)16)5-10(17)18/h1-3H,4-5H2,(H2,14,16)(H,17,18). The molecule has 102 valence electrons. The lowest BCUT2D eigenvalue weighted by Crippen LogP contribution is -2.41. The largest absolute Gasteiger partial charge is 0.480 e. The van der Waals surface area contributed by atoms with Crippen LogP contribution in [0.25, 0.3) is 0 Å². The van der Waals surface area contributed by atoms with E-state index in [1.807, 2.05) is 0 Å². The van der Waals surface area contributed by atoms with Crippen molar-refractivity contribution in [1.29, 1.82) is 0 Å². The summed E-state index contributed by atoms with van der Waals surface area (Å²) in [4.78, 5) is 33.9. The maximum Gasteiger partial charge on any atom is 0.323 e. The third-order valence-electron chi connectivity index (χ3n) is 2.12. The van der Waals surface area contributed by atoms with Crippen LogP contribution < -0.4 is 5.73 Å². The number of carboxylic acid groups (broad SMARTS) is 1. The molecule has 0 aliphatic carbocycles. The summed E-state index contributed by atoms with van der Waals surface area (Å²) in [5.41, 5.74) is 4.52. The Labute approximate surface area is 112 Å². The fraction of sp³-hybridized carbons (Fsp3) is 0.182. The van der Waals surface area contributed by atoms with Crippen molar-refractivity contribution in [1.82, 2.24) is 4.90 Å². The maximum atomic E-state index is 13.5. The number of aliphatic carboxylic acids is 1. The molecule has 1 rings (SSSR count). The van der Waals surface area contributed by atoms with Gasteiger partial charge in [-0.05, 0) is 18.2 Å². The van der Waals surface area contributed by atoms with E-state index < -0.39 is 36.7 Å². The van der Waals surface area contributed by atoms with Gasteiger partial charge in [0.05, 0.1) is 5.56 Å². The van der Waals surface area contributed by atoms with Crippen LogP contribution in [0.2, 0.25) is 5.02 Å². The van der Waals surface area contributed by atoms with Gasteiger partial charge >= 0.3 is 5.97 Å². The van der Waals surface area contributed by atoms with Gasteiger partial charge in [-0.1, -0.05) is 11.6 Å². The number of carbonyl (C=O) groups excluding carboxylic acids is 2.